The summed E-state index contributed by atoms with van der Waals surface area (Å²) in [4.78, 5) is 33.7. The fourth-order valence-electron chi connectivity index (χ4n) is 5.64. The number of fused-ring (bicyclic) bond motifs is 2. The molecule has 1 fully saturated rings. The molecule has 1 amide bonds. The van der Waals surface area contributed by atoms with Crippen molar-refractivity contribution in [2.24, 2.45) is 0 Å². The fourth-order valence-corrected chi connectivity index (χ4v) is 6.81. The second kappa shape index (κ2) is 10.7. The van der Waals surface area contributed by atoms with Gasteiger partial charge in [-0.1, -0.05) is 42.9 Å². The van der Waals surface area contributed by atoms with E-state index in [0.717, 1.165) is 45.5 Å². The Morgan fingerprint density at radius 1 is 1.15 bits per heavy atom. The topological polar surface area (TPSA) is 89.0 Å². The fraction of sp³-hybridized carbons (Fsp3) is 0.303. The molecule has 0 aliphatic carbocycles. The predicted octanol–water partition coefficient (Wildman–Crippen LogP) is 7.04. The van der Waals surface area contributed by atoms with E-state index in [4.69, 9.17) is 14.5 Å². The van der Waals surface area contributed by atoms with Gasteiger partial charge in [0, 0.05) is 12.0 Å². The van der Waals surface area contributed by atoms with Crippen LogP contribution in [-0.4, -0.2) is 34.5 Å². The average molecular weight is 569 g/mol. The molecule has 0 radical (unpaired) electrons. The number of hydrogen-bond donors (Lipinski definition) is 1. The lowest BCUT2D eigenvalue weighted by Gasteiger charge is -2.23. The van der Waals surface area contributed by atoms with E-state index in [1.54, 1.807) is 12.1 Å². The van der Waals surface area contributed by atoms with Crippen LogP contribution in [-0.2, 0) is 16.0 Å². The van der Waals surface area contributed by atoms with Crippen LogP contribution in [0.4, 0.5) is 5.13 Å². The third-order valence-electron chi connectivity index (χ3n) is 7.58. The summed E-state index contributed by atoms with van der Waals surface area (Å²) in [5.41, 5.74) is 4.99. The Kier molecular flexibility index (Phi) is 7.03. The number of anilines is 1. The first-order chi connectivity index (χ1) is 19.7. The van der Waals surface area contributed by atoms with Gasteiger partial charge in [0.15, 0.2) is 5.13 Å². The predicted molar refractivity (Wildman–Crippen MR) is 161 cm³/mol. The molecule has 2 aliphatic heterocycles. The molecule has 0 bridgehead atoms. The van der Waals surface area contributed by atoms with Crippen molar-refractivity contribution >= 4 is 44.1 Å². The van der Waals surface area contributed by atoms with Crippen molar-refractivity contribution in [1.82, 2.24) is 4.98 Å². The summed E-state index contributed by atoms with van der Waals surface area (Å²) in [5, 5.41) is 12.1. The summed E-state index contributed by atoms with van der Waals surface area (Å²) in [6.45, 7) is 8.65. The number of aromatic nitrogens is 1. The second-order valence-electron chi connectivity index (χ2n) is 10.8. The number of aliphatic hydroxyl groups is 1. The molecule has 1 saturated heterocycles. The molecule has 41 heavy (non-hydrogen) atoms. The number of nitrogens with zero attached hydrogens (tertiary/aromatic N) is 2. The highest BCUT2D eigenvalue weighted by molar-refractivity contribution is 7.22. The van der Waals surface area contributed by atoms with Gasteiger partial charge in [0.1, 0.15) is 23.4 Å². The number of thiazole rings is 1. The third-order valence-corrected chi connectivity index (χ3v) is 8.58. The van der Waals surface area contributed by atoms with Crippen LogP contribution in [0.5, 0.6) is 11.5 Å². The maximum absolute atomic E-state index is 13.7. The number of Topliss-reactive ketones (excluding diaryl/α,β-unsaturated/α-hetero) is 1. The highest BCUT2D eigenvalue weighted by atomic mass is 32.1. The monoisotopic (exact) mass is 568 g/mol. The average Bonchev–Trinajstić information content (AvgIpc) is 3.61. The number of amides is 1. The van der Waals surface area contributed by atoms with Gasteiger partial charge in [-0.3, -0.25) is 14.5 Å². The van der Waals surface area contributed by atoms with Crippen LogP contribution >= 0.6 is 11.3 Å². The molecule has 0 unspecified atom stereocenters. The molecule has 6 rings (SSSR count). The minimum atomic E-state index is -0.880. The Morgan fingerprint density at radius 3 is 2.78 bits per heavy atom. The molecule has 3 heterocycles. The van der Waals surface area contributed by atoms with Crippen LogP contribution in [0.1, 0.15) is 60.5 Å². The van der Waals surface area contributed by atoms with Crippen molar-refractivity contribution in [3.8, 4) is 11.5 Å². The van der Waals surface area contributed by atoms with Crippen molar-refractivity contribution in [2.45, 2.75) is 59.1 Å². The lowest BCUT2D eigenvalue weighted by molar-refractivity contribution is -0.132. The Morgan fingerprint density at radius 2 is 1.98 bits per heavy atom. The zero-order chi connectivity index (χ0) is 28.8. The van der Waals surface area contributed by atoms with E-state index in [1.807, 2.05) is 63.2 Å². The van der Waals surface area contributed by atoms with Crippen LogP contribution in [0, 0.1) is 13.8 Å². The number of unbranched alkanes of at least 4 members (excludes halogenated alkanes) is 1. The van der Waals surface area contributed by atoms with Crippen molar-refractivity contribution in [1.29, 1.82) is 0 Å². The molecule has 1 N–H and O–H groups in total. The van der Waals surface area contributed by atoms with Crippen LogP contribution in [0.3, 0.4) is 0 Å². The lowest BCUT2D eigenvalue weighted by atomic mass is 9.94. The molecule has 0 saturated carbocycles. The first-order valence-electron chi connectivity index (χ1n) is 14.0. The van der Waals surface area contributed by atoms with Crippen molar-refractivity contribution in [2.75, 3.05) is 11.5 Å². The van der Waals surface area contributed by atoms with Gasteiger partial charge < -0.3 is 14.6 Å². The van der Waals surface area contributed by atoms with E-state index in [1.165, 1.54) is 16.2 Å². The van der Waals surface area contributed by atoms with E-state index >= 15 is 0 Å². The molecule has 0 spiro atoms. The Hall–Kier alpha value is -4.17. The van der Waals surface area contributed by atoms with E-state index in [9.17, 15) is 14.7 Å². The standard InChI is InChI=1S/C33H32N2O5S/c1-5-6-12-39-24-9-7-8-21(17-24)29-27(30(36)22-10-11-25-23(16-22)15-20(4)40-25)31(37)32(38)35(29)33-34-28-19(3)13-18(2)14-26(28)41-33/h7-11,13-14,16-17,20,29,36H,5-6,12,15H2,1-4H3/t20-,29+/m1/s1. The maximum atomic E-state index is 13.7. The zero-order valence-corrected chi connectivity index (χ0v) is 24.4. The minimum Gasteiger partial charge on any atom is -0.507 e. The summed E-state index contributed by atoms with van der Waals surface area (Å²) < 4.78 is 12.7. The third kappa shape index (κ3) is 4.86. The maximum Gasteiger partial charge on any atom is 0.301 e. The minimum absolute atomic E-state index is 0.0276. The van der Waals surface area contributed by atoms with Crippen LogP contribution in [0.15, 0.2) is 60.2 Å². The van der Waals surface area contributed by atoms with Gasteiger partial charge in [-0.15, -0.1) is 0 Å². The normalized spacial score (nSPS) is 19.6. The number of ketones is 1. The molecular formula is C33H32N2O5S. The number of carbonyl (C=O) groups is 2. The SMILES string of the molecule is CCCCOc1cccc([C@H]2C(=C(O)c3ccc4c(c3)C[C@@H](C)O4)C(=O)C(=O)N2c2nc3c(C)cc(C)cc3s2)c1. The molecule has 7 nitrogen and oxygen atoms in total. The smallest absolute Gasteiger partial charge is 0.301 e. The number of carbonyl (C=O) groups excluding carboxylic acids is 2. The highest BCUT2D eigenvalue weighted by Gasteiger charge is 2.48. The molecule has 4 aromatic rings. The van der Waals surface area contributed by atoms with E-state index in [0.29, 0.717) is 35.0 Å². The van der Waals surface area contributed by atoms with Gasteiger partial charge in [0.2, 0.25) is 0 Å². The molecule has 2 atom stereocenters. The van der Waals surface area contributed by atoms with E-state index < -0.39 is 17.7 Å². The Labute approximate surface area is 243 Å². The second-order valence-corrected chi connectivity index (χ2v) is 11.8. The van der Waals surface area contributed by atoms with Crippen molar-refractivity contribution in [3.63, 3.8) is 0 Å². The number of rotatable bonds is 7. The lowest BCUT2D eigenvalue weighted by Crippen LogP contribution is -2.29. The van der Waals surface area contributed by atoms with Crippen LogP contribution in [0.2, 0.25) is 0 Å². The van der Waals surface area contributed by atoms with Gasteiger partial charge in [-0.05, 0) is 85.8 Å². The summed E-state index contributed by atoms with van der Waals surface area (Å²) in [5.74, 6) is -0.282. The summed E-state index contributed by atoms with van der Waals surface area (Å²) >= 11 is 1.36. The first kappa shape index (κ1) is 27.0. The Bertz CT molecular complexity index is 1720. The van der Waals surface area contributed by atoms with Gasteiger partial charge >= 0.3 is 5.91 Å². The van der Waals surface area contributed by atoms with Crippen LogP contribution in [0.25, 0.3) is 16.0 Å². The highest BCUT2D eigenvalue weighted by Crippen LogP contribution is 2.45. The Balaban J connectivity index is 1.51. The number of aliphatic hydroxyl groups excluding tert-OH is 1. The zero-order valence-electron chi connectivity index (χ0n) is 23.6. The van der Waals surface area contributed by atoms with Crippen LogP contribution < -0.4 is 14.4 Å². The first-order valence-corrected chi connectivity index (χ1v) is 14.8. The van der Waals surface area contributed by atoms with E-state index in [2.05, 4.69) is 6.92 Å². The molecular weight excluding hydrogens is 536 g/mol. The van der Waals surface area contributed by atoms with E-state index in [-0.39, 0.29) is 17.4 Å². The van der Waals surface area contributed by atoms with Crippen molar-refractivity contribution in [3.05, 3.63) is 88.0 Å². The number of ether oxygens (including phenoxy) is 2. The molecule has 1 aromatic heterocycles. The molecule has 8 heteroatoms. The largest absolute Gasteiger partial charge is 0.507 e. The summed E-state index contributed by atoms with van der Waals surface area (Å²) in [6, 6.07) is 16.0. The quantitative estimate of drug-likeness (QED) is 0.111. The summed E-state index contributed by atoms with van der Waals surface area (Å²) in [7, 11) is 0. The van der Waals surface area contributed by atoms with Gasteiger partial charge in [-0.2, -0.15) is 0 Å². The molecule has 210 valence electrons. The van der Waals surface area contributed by atoms with Gasteiger partial charge in [0.25, 0.3) is 5.78 Å². The van der Waals surface area contributed by atoms with Crippen molar-refractivity contribution < 1.29 is 24.2 Å². The summed E-state index contributed by atoms with van der Waals surface area (Å²) in [6.07, 6.45) is 2.65. The number of benzene rings is 3. The molecule has 2 aliphatic rings. The number of hydrogen-bond acceptors (Lipinski definition) is 7. The van der Waals surface area contributed by atoms with Gasteiger partial charge in [0.05, 0.1) is 28.4 Å². The molecule has 3 aromatic carbocycles. The number of aryl methyl sites for hydroxylation is 2. The van der Waals surface area contributed by atoms with Gasteiger partial charge in [-0.25, -0.2) is 4.98 Å².